The zero-order chi connectivity index (χ0) is 14.1. The zero-order valence-electron chi connectivity index (χ0n) is 10.5. The van der Waals surface area contributed by atoms with Gasteiger partial charge in [0.25, 0.3) is 0 Å². The van der Waals surface area contributed by atoms with Crippen LogP contribution in [0.15, 0.2) is 6.07 Å². The van der Waals surface area contributed by atoms with Crippen LogP contribution in [0, 0.1) is 20.6 Å². The van der Waals surface area contributed by atoms with Crippen molar-refractivity contribution in [2.75, 3.05) is 12.4 Å². The number of rotatable bonds is 2. The van der Waals surface area contributed by atoms with Crippen molar-refractivity contribution in [1.82, 2.24) is 0 Å². The second-order valence-electron chi connectivity index (χ2n) is 4.77. The molecule has 1 aromatic carbocycles. The third-order valence-electron chi connectivity index (χ3n) is 2.25. The number of methoxy groups -OCH3 is 1. The van der Waals surface area contributed by atoms with Gasteiger partial charge in [-0.25, -0.2) is 8.78 Å². The number of nitrogens with one attached hydrogen (secondary N) is 1. The van der Waals surface area contributed by atoms with Crippen LogP contribution in [-0.4, -0.2) is 13.0 Å². The number of halogens is 3. The summed E-state index contributed by atoms with van der Waals surface area (Å²) in [5.41, 5.74) is -0.672. The molecule has 0 saturated carbocycles. The molecule has 6 heteroatoms. The molecule has 0 radical (unpaired) electrons. The van der Waals surface area contributed by atoms with E-state index in [1.54, 1.807) is 43.4 Å². The van der Waals surface area contributed by atoms with Crippen LogP contribution in [0.3, 0.4) is 0 Å². The van der Waals surface area contributed by atoms with Crippen molar-refractivity contribution in [3.63, 3.8) is 0 Å². The summed E-state index contributed by atoms with van der Waals surface area (Å²) >= 11 is 1.54. The van der Waals surface area contributed by atoms with Crippen molar-refractivity contribution < 1.29 is 18.3 Å². The fourth-order valence-corrected chi connectivity index (χ4v) is 1.58. The summed E-state index contributed by atoms with van der Waals surface area (Å²) in [5.74, 6) is -2.07. The molecule has 100 valence electrons. The fraction of sp³-hybridized carbons (Fsp3) is 0.417. The van der Waals surface area contributed by atoms with Gasteiger partial charge in [0.1, 0.15) is 5.82 Å². The second-order valence-corrected chi connectivity index (χ2v) is 5.85. The van der Waals surface area contributed by atoms with E-state index < -0.39 is 17.0 Å². The Morgan fingerprint density at radius 1 is 1.39 bits per heavy atom. The molecule has 0 unspecified atom stereocenters. The van der Waals surface area contributed by atoms with Crippen molar-refractivity contribution >= 4 is 34.2 Å². The maximum absolute atomic E-state index is 13.7. The average Bonchev–Trinajstić information content (AvgIpc) is 2.25. The molecule has 18 heavy (non-hydrogen) atoms. The monoisotopic (exact) mass is 369 g/mol. The number of hydrogen-bond donors (Lipinski definition) is 1. The van der Waals surface area contributed by atoms with Crippen LogP contribution in [0.1, 0.15) is 20.8 Å². The van der Waals surface area contributed by atoms with Crippen molar-refractivity contribution in [3.8, 4) is 5.75 Å². The minimum absolute atomic E-state index is 0.00663. The highest BCUT2D eigenvalue weighted by atomic mass is 127. The van der Waals surface area contributed by atoms with Gasteiger partial charge in [0.05, 0.1) is 16.4 Å². The van der Waals surface area contributed by atoms with Crippen LogP contribution < -0.4 is 10.1 Å². The Hall–Kier alpha value is -0.920. The van der Waals surface area contributed by atoms with Gasteiger partial charge in [-0.3, -0.25) is 4.79 Å². The number of amides is 1. The minimum atomic E-state index is -0.817. The van der Waals surface area contributed by atoms with Gasteiger partial charge in [0.15, 0.2) is 11.6 Å². The first-order chi connectivity index (χ1) is 8.18. The molecular formula is C12H14F2INO2. The van der Waals surface area contributed by atoms with Crippen LogP contribution in [0.5, 0.6) is 5.75 Å². The van der Waals surface area contributed by atoms with Crippen LogP contribution in [-0.2, 0) is 4.79 Å². The third-order valence-corrected chi connectivity index (χ3v) is 3.24. The van der Waals surface area contributed by atoms with E-state index in [0.29, 0.717) is 0 Å². The van der Waals surface area contributed by atoms with E-state index in [0.717, 1.165) is 6.07 Å². The molecule has 1 aromatic rings. The standard InChI is InChI=1S/C12H14F2INO2/c1-12(2,3)11(17)16-7-5-6(13)9(15)8(14)10(7)18-4/h5H,1-4H3,(H,16,17). The van der Waals surface area contributed by atoms with Gasteiger partial charge in [-0.05, 0) is 22.6 Å². The molecule has 0 aliphatic rings. The lowest BCUT2D eigenvalue weighted by atomic mass is 9.95. The smallest absolute Gasteiger partial charge is 0.229 e. The van der Waals surface area contributed by atoms with E-state index in [1.807, 2.05) is 0 Å². The molecule has 3 nitrogen and oxygen atoms in total. The SMILES string of the molecule is COc1c(NC(=O)C(C)(C)C)cc(F)c(I)c1F. The summed E-state index contributed by atoms with van der Waals surface area (Å²) in [6.07, 6.45) is 0. The van der Waals surface area contributed by atoms with Gasteiger partial charge in [-0.2, -0.15) is 0 Å². The lowest BCUT2D eigenvalue weighted by molar-refractivity contribution is -0.123. The Kier molecular flexibility index (Phi) is 4.52. The Bertz CT molecular complexity index is 484. The lowest BCUT2D eigenvalue weighted by Crippen LogP contribution is -2.28. The van der Waals surface area contributed by atoms with Gasteiger partial charge in [0, 0.05) is 11.5 Å². The van der Waals surface area contributed by atoms with Crippen molar-refractivity contribution in [3.05, 3.63) is 21.3 Å². The highest BCUT2D eigenvalue weighted by Gasteiger charge is 2.25. The van der Waals surface area contributed by atoms with Gasteiger partial charge in [-0.15, -0.1) is 0 Å². The molecule has 0 aliphatic carbocycles. The maximum Gasteiger partial charge on any atom is 0.229 e. The van der Waals surface area contributed by atoms with E-state index in [1.165, 1.54) is 7.11 Å². The Morgan fingerprint density at radius 2 is 1.94 bits per heavy atom. The van der Waals surface area contributed by atoms with Crippen LogP contribution >= 0.6 is 22.6 Å². The Labute approximate surface area is 118 Å². The number of carbonyl (C=O) groups is 1. The normalized spacial score (nSPS) is 11.3. The lowest BCUT2D eigenvalue weighted by Gasteiger charge is -2.19. The van der Waals surface area contributed by atoms with E-state index in [2.05, 4.69) is 5.32 Å². The van der Waals surface area contributed by atoms with Crippen LogP contribution in [0.2, 0.25) is 0 Å². The predicted molar refractivity (Wildman–Crippen MR) is 73.7 cm³/mol. The molecule has 0 bridgehead atoms. The molecule has 0 fully saturated rings. The van der Waals surface area contributed by atoms with Crippen molar-refractivity contribution in [2.24, 2.45) is 5.41 Å². The van der Waals surface area contributed by atoms with Crippen LogP contribution in [0.4, 0.5) is 14.5 Å². The predicted octanol–water partition coefficient (Wildman–Crippen LogP) is 3.56. The molecule has 0 saturated heterocycles. The summed E-state index contributed by atoms with van der Waals surface area (Å²) in [5, 5.41) is 2.46. The molecular weight excluding hydrogens is 355 g/mol. The molecule has 0 aromatic heterocycles. The van der Waals surface area contributed by atoms with Crippen molar-refractivity contribution in [2.45, 2.75) is 20.8 Å². The number of anilines is 1. The molecule has 0 heterocycles. The quantitative estimate of drug-likeness (QED) is 0.640. The Balaban J connectivity index is 3.21. The molecule has 1 amide bonds. The number of benzene rings is 1. The molecule has 0 atom stereocenters. The van der Waals surface area contributed by atoms with Gasteiger partial charge >= 0.3 is 0 Å². The highest BCUT2D eigenvalue weighted by molar-refractivity contribution is 14.1. The first-order valence-electron chi connectivity index (χ1n) is 5.21. The third kappa shape index (κ3) is 3.09. The van der Waals surface area contributed by atoms with E-state index >= 15 is 0 Å². The van der Waals surface area contributed by atoms with Crippen LogP contribution in [0.25, 0.3) is 0 Å². The van der Waals surface area contributed by atoms with Crippen molar-refractivity contribution in [1.29, 1.82) is 0 Å². The maximum atomic E-state index is 13.7. The largest absolute Gasteiger partial charge is 0.492 e. The second kappa shape index (κ2) is 5.38. The minimum Gasteiger partial charge on any atom is -0.492 e. The highest BCUT2D eigenvalue weighted by Crippen LogP contribution is 2.33. The molecule has 0 spiro atoms. The fourth-order valence-electron chi connectivity index (χ4n) is 1.18. The van der Waals surface area contributed by atoms with Gasteiger partial charge < -0.3 is 10.1 Å². The van der Waals surface area contributed by atoms with Gasteiger partial charge in [-0.1, -0.05) is 20.8 Å². The molecule has 1 N–H and O–H groups in total. The average molecular weight is 369 g/mol. The Morgan fingerprint density at radius 3 is 2.39 bits per heavy atom. The molecule has 0 aliphatic heterocycles. The summed E-state index contributed by atoms with van der Waals surface area (Å²) in [7, 11) is 1.26. The first kappa shape index (κ1) is 15.1. The summed E-state index contributed by atoms with van der Waals surface area (Å²) in [4.78, 5) is 11.8. The zero-order valence-corrected chi connectivity index (χ0v) is 12.7. The first-order valence-corrected chi connectivity index (χ1v) is 6.29. The summed E-state index contributed by atoms with van der Waals surface area (Å²) in [6.45, 7) is 5.11. The number of ether oxygens (including phenoxy) is 1. The summed E-state index contributed by atoms with van der Waals surface area (Å²) in [6, 6.07) is 1.05. The van der Waals surface area contributed by atoms with Gasteiger partial charge in [0.2, 0.25) is 5.91 Å². The molecule has 1 rings (SSSR count). The topological polar surface area (TPSA) is 38.3 Å². The van der Waals surface area contributed by atoms with E-state index in [9.17, 15) is 13.6 Å². The summed E-state index contributed by atoms with van der Waals surface area (Å²) < 4.78 is 31.9. The van der Waals surface area contributed by atoms with E-state index in [-0.39, 0.29) is 20.9 Å². The number of carbonyl (C=O) groups excluding carboxylic acids is 1. The number of hydrogen-bond acceptors (Lipinski definition) is 2. The van der Waals surface area contributed by atoms with E-state index in [4.69, 9.17) is 4.74 Å².